The fourth-order valence-electron chi connectivity index (χ4n) is 4.08. The lowest BCUT2D eigenvalue weighted by atomic mass is 10.0. The van der Waals surface area contributed by atoms with E-state index in [0.717, 1.165) is 10.1 Å². The Kier molecular flexibility index (Phi) is 6.93. The number of aromatic nitrogens is 1. The third kappa shape index (κ3) is 5.62. The number of rotatable bonds is 6. The fraction of sp³-hybridized carbons (Fsp3) is 0.200. The lowest BCUT2D eigenvalue weighted by Crippen LogP contribution is -2.20. The predicted molar refractivity (Wildman–Crippen MR) is 145 cm³/mol. The first-order valence-corrected chi connectivity index (χ1v) is 14.5. The molecular weight excluding hydrogens is 559 g/mol. The summed E-state index contributed by atoms with van der Waals surface area (Å²) in [5, 5.41) is 3.49. The third-order valence-electron chi connectivity index (χ3n) is 5.71. The third-order valence-corrected chi connectivity index (χ3v) is 8.74. The number of pyridine rings is 1. The molecule has 3 heterocycles. The van der Waals surface area contributed by atoms with Gasteiger partial charge in [0.25, 0.3) is 5.91 Å². The second-order valence-corrected chi connectivity index (χ2v) is 12.5. The number of carbonyl (C=O) groups excluding carboxylic acids is 1. The standard InChI is InChI=1S/C25H20Cl2N2O6S2/c1-33-16-7-14(26)8-17(11-16)35-24-10-15(9-23(27)29-24)28-25(30)21-6-13-5-18-19(12-20(13)36-21)34-4-3-22(18)37(2,31)32/h5-12,22H,3-4H2,1-2H3,(H,28,29,30)/t22-/m0/s1. The summed E-state index contributed by atoms with van der Waals surface area (Å²) in [5.41, 5.74) is 0.998. The summed E-state index contributed by atoms with van der Waals surface area (Å²) in [6.45, 7) is 0.324. The van der Waals surface area contributed by atoms with Crippen molar-refractivity contribution in [3.05, 3.63) is 69.1 Å². The number of sulfone groups is 1. The SMILES string of the molecule is COc1cc(Cl)cc(Oc2cc(NC(=O)c3cc4cc5c(cc4s3)OCC[C@@H]5S(C)(=O)=O)cc(Cl)n2)c1. The molecule has 192 valence electrons. The number of carbonyl (C=O) groups is 1. The first kappa shape index (κ1) is 25.6. The van der Waals surface area contributed by atoms with Crippen molar-refractivity contribution in [1.82, 2.24) is 4.98 Å². The van der Waals surface area contributed by atoms with Crippen LogP contribution in [0.15, 0.2) is 48.5 Å². The van der Waals surface area contributed by atoms with Crippen LogP contribution in [0.25, 0.3) is 10.1 Å². The van der Waals surface area contributed by atoms with Crippen molar-refractivity contribution < 1.29 is 27.4 Å². The minimum absolute atomic E-state index is 0.120. The van der Waals surface area contributed by atoms with Crippen LogP contribution in [-0.4, -0.2) is 39.3 Å². The zero-order chi connectivity index (χ0) is 26.3. The van der Waals surface area contributed by atoms with E-state index >= 15 is 0 Å². The van der Waals surface area contributed by atoms with Gasteiger partial charge in [-0.05, 0) is 41.8 Å². The molecule has 0 fully saturated rings. The molecule has 5 rings (SSSR count). The summed E-state index contributed by atoms with van der Waals surface area (Å²) in [7, 11) is -1.78. The molecule has 2 aromatic carbocycles. The molecule has 0 radical (unpaired) electrons. The van der Waals surface area contributed by atoms with Gasteiger partial charge in [0.2, 0.25) is 5.88 Å². The zero-order valence-electron chi connectivity index (χ0n) is 19.6. The monoisotopic (exact) mass is 578 g/mol. The number of nitrogens with one attached hydrogen (secondary N) is 1. The Morgan fingerprint density at radius 1 is 1.11 bits per heavy atom. The van der Waals surface area contributed by atoms with Crippen LogP contribution >= 0.6 is 34.5 Å². The summed E-state index contributed by atoms with van der Waals surface area (Å²) >= 11 is 13.5. The molecule has 0 unspecified atom stereocenters. The molecule has 4 aromatic rings. The minimum atomic E-state index is -3.30. The van der Waals surface area contributed by atoms with Crippen LogP contribution < -0.4 is 19.5 Å². The molecular formula is C25H20Cl2N2O6S2. The molecule has 0 spiro atoms. The molecule has 0 saturated carbocycles. The number of nitrogens with zero attached hydrogens (tertiary/aromatic N) is 1. The normalized spacial score (nSPS) is 15.1. The molecule has 12 heteroatoms. The number of methoxy groups -OCH3 is 1. The predicted octanol–water partition coefficient (Wildman–Crippen LogP) is 6.52. The first-order chi connectivity index (χ1) is 17.6. The molecule has 0 bridgehead atoms. The Bertz CT molecular complexity index is 1640. The zero-order valence-corrected chi connectivity index (χ0v) is 22.7. The van der Waals surface area contributed by atoms with Crippen LogP contribution in [-0.2, 0) is 9.84 Å². The molecule has 2 aromatic heterocycles. The van der Waals surface area contributed by atoms with Gasteiger partial charge in [0, 0.05) is 45.8 Å². The van der Waals surface area contributed by atoms with Crippen molar-refractivity contribution in [2.75, 3.05) is 25.3 Å². The Morgan fingerprint density at radius 3 is 2.65 bits per heavy atom. The van der Waals surface area contributed by atoms with Gasteiger partial charge in [0.1, 0.15) is 22.4 Å². The Labute approximate surface area is 227 Å². The smallest absolute Gasteiger partial charge is 0.265 e. The van der Waals surface area contributed by atoms with Crippen LogP contribution in [0.2, 0.25) is 10.2 Å². The molecule has 1 aliphatic rings. The van der Waals surface area contributed by atoms with Gasteiger partial charge in [-0.2, -0.15) is 0 Å². The number of thiophene rings is 1. The van der Waals surface area contributed by atoms with Gasteiger partial charge in [-0.15, -0.1) is 11.3 Å². The minimum Gasteiger partial charge on any atom is -0.497 e. The maximum atomic E-state index is 13.1. The van der Waals surface area contributed by atoms with E-state index in [1.165, 1.54) is 36.8 Å². The van der Waals surface area contributed by atoms with Gasteiger partial charge in [0.05, 0.1) is 23.8 Å². The molecule has 1 aliphatic heterocycles. The molecule has 0 saturated heterocycles. The molecule has 1 atom stereocenters. The highest BCUT2D eigenvalue weighted by atomic mass is 35.5. The fourth-order valence-corrected chi connectivity index (χ4v) is 6.63. The van der Waals surface area contributed by atoms with E-state index in [2.05, 4.69) is 10.3 Å². The molecule has 37 heavy (non-hydrogen) atoms. The maximum Gasteiger partial charge on any atom is 0.265 e. The summed E-state index contributed by atoms with van der Waals surface area (Å²) in [5.74, 6) is 1.22. The van der Waals surface area contributed by atoms with Gasteiger partial charge in [-0.1, -0.05) is 23.2 Å². The van der Waals surface area contributed by atoms with Crippen LogP contribution in [0, 0.1) is 0 Å². The summed E-state index contributed by atoms with van der Waals surface area (Å²) in [6, 6.07) is 13.2. The number of anilines is 1. The van der Waals surface area contributed by atoms with E-state index in [9.17, 15) is 13.2 Å². The maximum absolute atomic E-state index is 13.1. The number of benzene rings is 2. The van der Waals surface area contributed by atoms with Gasteiger partial charge < -0.3 is 19.5 Å². The number of hydrogen-bond acceptors (Lipinski definition) is 8. The van der Waals surface area contributed by atoms with E-state index in [1.807, 2.05) is 0 Å². The molecule has 1 amide bonds. The van der Waals surface area contributed by atoms with Crippen LogP contribution in [0.1, 0.15) is 26.9 Å². The van der Waals surface area contributed by atoms with Crippen molar-refractivity contribution in [2.24, 2.45) is 0 Å². The first-order valence-electron chi connectivity index (χ1n) is 11.0. The second kappa shape index (κ2) is 10.0. The quantitative estimate of drug-likeness (QED) is 0.259. The van der Waals surface area contributed by atoms with E-state index in [1.54, 1.807) is 36.4 Å². The number of ether oxygens (including phenoxy) is 3. The largest absolute Gasteiger partial charge is 0.497 e. The Hall–Kier alpha value is -3.05. The van der Waals surface area contributed by atoms with E-state index < -0.39 is 15.1 Å². The van der Waals surface area contributed by atoms with Crippen molar-refractivity contribution in [2.45, 2.75) is 11.7 Å². The average Bonchev–Trinajstić information content (AvgIpc) is 3.24. The Balaban J connectivity index is 1.40. The topological polar surface area (TPSA) is 104 Å². The highest BCUT2D eigenvalue weighted by molar-refractivity contribution is 7.90. The summed E-state index contributed by atoms with van der Waals surface area (Å²) < 4.78 is 42.0. The van der Waals surface area contributed by atoms with Crippen molar-refractivity contribution in [3.63, 3.8) is 0 Å². The van der Waals surface area contributed by atoms with E-state index in [0.29, 0.717) is 51.4 Å². The van der Waals surface area contributed by atoms with Gasteiger partial charge in [-0.25, -0.2) is 13.4 Å². The van der Waals surface area contributed by atoms with Crippen LogP contribution in [0.5, 0.6) is 23.1 Å². The van der Waals surface area contributed by atoms with Crippen molar-refractivity contribution in [3.8, 4) is 23.1 Å². The number of amides is 1. The molecule has 8 nitrogen and oxygen atoms in total. The van der Waals surface area contributed by atoms with Gasteiger partial charge >= 0.3 is 0 Å². The van der Waals surface area contributed by atoms with Gasteiger partial charge in [0.15, 0.2) is 9.84 Å². The highest BCUT2D eigenvalue weighted by Gasteiger charge is 2.30. The Morgan fingerprint density at radius 2 is 1.89 bits per heavy atom. The number of hydrogen-bond donors (Lipinski definition) is 1. The van der Waals surface area contributed by atoms with Crippen molar-refractivity contribution >= 4 is 66.1 Å². The number of fused-ring (bicyclic) bond motifs is 2. The summed E-state index contributed by atoms with van der Waals surface area (Å²) in [4.78, 5) is 17.7. The van der Waals surface area contributed by atoms with E-state index in [4.69, 9.17) is 37.4 Å². The average molecular weight is 579 g/mol. The second-order valence-electron chi connectivity index (χ2n) is 8.39. The highest BCUT2D eigenvalue weighted by Crippen LogP contribution is 2.41. The van der Waals surface area contributed by atoms with E-state index in [-0.39, 0.29) is 16.9 Å². The van der Waals surface area contributed by atoms with Crippen LogP contribution in [0.3, 0.4) is 0 Å². The lowest BCUT2D eigenvalue weighted by molar-refractivity contribution is 0.103. The molecule has 1 N–H and O–H groups in total. The van der Waals surface area contributed by atoms with Gasteiger partial charge in [-0.3, -0.25) is 4.79 Å². The van der Waals surface area contributed by atoms with Crippen LogP contribution in [0.4, 0.5) is 5.69 Å². The lowest BCUT2D eigenvalue weighted by Gasteiger charge is -2.24. The molecule has 0 aliphatic carbocycles. The number of halogens is 2. The van der Waals surface area contributed by atoms with Crippen molar-refractivity contribution in [1.29, 1.82) is 0 Å². The summed E-state index contributed by atoms with van der Waals surface area (Å²) in [6.07, 6.45) is 1.62.